The fraction of sp³-hybridized carbons (Fsp3) is 0.900. The second-order valence-electron chi connectivity index (χ2n) is 27.0. The van der Waals surface area contributed by atoms with Crippen molar-refractivity contribution < 1.29 is 38.1 Å². The largest absolute Gasteiger partial charge is 0.466 e. The highest BCUT2D eigenvalue weighted by Crippen LogP contribution is 2.21. The lowest BCUT2D eigenvalue weighted by Gasteiger charge is -2.14. The van der Waals surface area contributed by atoms with Gasteiger partial charge in [0.25, 0.3) is 0 Å². The summed E-state index contributed by atoms with van der Waals surface area (Å²) in [5, 5.41) is 0. The number of unbranched alkanes of at least 4 members (excludes halogenated alkanes) is 49. The van der Waals surface area contributed by atoms with Gasteiger partial charge in [0.1, 0.15) is 0 Å². The molecule has 0 heterocycles. The fourth-order valence-electron chi connectivity index (χ4n) is 12.1. The first-order valence-electron chi connectivity index (χ1n) is 39.3. The summed E-state index contributed by atoms with van der Waals surface area (Å²) in [5.41, 5.74) is 0. The molecule has 0 aromatic rings. The molecule has 0 N–H and O–H groups in total. The van der Waals surface area contributed by atoms with E-state index >= 15 is 0 Å². The maximum atomic E-state index is 12.7. The highest BCUT2D eigenvalue weighted by atomic mass is 16.5. The molecule has 518 valence electrons. The van der Waals surface area contributed by atoms with Crippen molar-refractivity contribution in [1.29, 1.82) is 0 Å². The van der Waals surface area contributed by atoms with Crippen molar-refractivity contribution in [3.8, 4) is 0 Å². The van der Waals surface area contributed by atoms with Crippen molar-refractivity contribution in [2.75, 3.05) is 26.4 Å². The zero-order chi connectivity index (χ0) is 63.8. The van der Waals surface area contributed by atoms with Crippen molar-refractivity contribution in [3.63, 3.8) is 0 Å². The Kier molecular flexibility index (Phi) is 71.2. The van der Waals surface area contributed by atoms with E-state index in [0.717, 1.165) is 128 Å². The van der Waals surface area contributed by atoms with E-state index in [0.29, 0.717) is 63.9 Å². The van der Waals surface area contributed by atoms with Crippen LogP contribution in [0, 0.1) is 11.8 Å². The predicted octanol–water partition coefficient (Wildman–Crippen LogP) is 25.8. The number of esters is 4. The first-order chi connectivity index (χ1) is 43.4. The van der Waals surface area contributed by atoms with Crippen LogP contribution in [-0.2, 0) is 38.1 Å². The smallest absolute Gasteiger partial charge is 0.305 e. The maximum Gasteiger partial charge on any atom is 0.305 e. The van der Waals surface area contributed by atoms with Crippen LogP contribution in [0.1, 0.15) is 426 Å². The number of rotatable bonds is 73. The lowest BCUT2D eigenvalue weighted by atomic mass is 9.99. The van der Waals surface area contributed by atoms with Gasteiger partial charge >= 0.3 is 23.9 Å². The average molecular weight is 1240 g/mol. The molecule has 0 aliphatic rings. The van der Waals surface area contributed by atoms with E-state index in [4.69, 9.17) is 18.9 Å². The minimum Gasteiger partial charge on any atom is -0.466 e. The van der Waals surface area contributed by atoms with Gasteiger partial charge in [-0.05, 0) is 89.9 Å². The lowest BCUT2D eigenvalue weighted by molar-refractivity contribution is -0.145. The topological polar surface area (TPSA) is 105 Å². The molecule has 0 aliphatic heterocycles. The summed E-state index contributed by atoms with van der Waals surface area (Å²) >= 11 is 0. The third-order valence-corrected chi connectivity index (χ3v) is 18.1. The zero-order valence-corrected chi connectivity index (χ0v) is 59.4. The summed E-state index contributed by atoms with van der Waals surface area (Å²) in [7, 11) is 0. The van der Waals surface area contributed by atoms with Crippen LogP contribution in [0.4, 0.5) is 0 Å². The van der Waals surface area contributed by atoms with Gasteiger partial charge in [-0.15, -0.1) is 0 Å². The Morgan fingerprint density at radius 1 is 0.239 bits per heavy atom. The normalized spacial score (nSPS) is 12.4. The van der Waals surface area contributed by atoms with Crippen molar-refractivity contribution in [2.45, 2.75) is 426 Å². The highest BCUT2D eigenvalue weighted by molar-refractivity contribution is 5.70. The summed E-state index contributed by atoms with van der Waals surface area (Å²) in [5.74, 6) is 0.338. The Morgan fingerprint density at radius 2 is 0.443 bits per heavy atom. The summed E-state index contributed by atoms with van der Waals surface area (Å²) in [6.45, 7) is 11.0. The van der Waals surface area contributed by atoms with Crippen molar-refractivity contribution in [1.82, 2.24) is 0 Å². The molecule has 0 radical (unpaired) electrons. The van der Waals surface area contributed by atoms with E-state index in [1.807, 2.05) is 0 Å². The molecule has 0 rings (SSSR count). The van der Waals surface area contributed by atoms with Gasteiger partial charge in [0.2, 0.25) is 0 Å². The quantitative estimate of drug-likeness (QED) is 0.0257. The third-order valence-electron chi connectivity index (χ3n) is 18.1. The third kappa shape index (κ3) is 69.3. The van der Waals surface area contributed by atoms with Crippen LogP contribution in [0.15, 0.2) is 24.3 Å². The molecule has 0 fully saturated rings. The van der Waals surface area contributed by atoms with Gasteiger partial charge in [0.05, 0.1) is 26.4 Å². The van der Waals surface area contributed by atoms with Crippen LogP contribution in [0.3, 0.4) is 0 Å². The minimum absolute atomic E-state index is 0.0290. The van der Waals surface area contributed by atoms with Gasteiger partial charge in [-0.3, -0.25) is 19.2 Å². The molecule has 0 amide bonds. The minimum atomic E-state index is -0.0978. The van der Waals surface area contributed by atoms with Crippen LogP contribution in [0.2, 0.25) is 0 Å². The van der Waals surface area contributed by atoms with Crippen molar-refractivity contribution >= 4 is 23.9 Å². The summed E-state index contributed by atoms with van der Waals surface area (Å²) in [4.78, 5) is 50.0. The first kappa shape index (κ1) is 85.4. The fourth-order valence-corrected chi connectivity index (χ4v) is 12.1. The van der Waals surface area contributed by atoms with Crippen molar-refractivity contribution in [3.05, 3.63) is 24.3 Å². The van der Waals surface area contributed by atoms with Crippen LogP contribution < -0.4 is 0 Å². The Balaban J connectivity index is 4.08. The van der Waals surface area contributed by atoms with E-state index in [1.165, 1.54) is 244 Å². The molecule has 8 nitrogen and oxygen atoms in total. The Morgan fingerprint density at radius 3 is 0.705 bits per heavy atom. The molecule has 88 heavy (non-hydrogen) atoms. The van der Waals surface area contributed by atoms with E-state index in [1.54, 1.807) is 0 Å². The van der Waals surface area contributed by atoms with E-state index in [-0.39, 0.29) is 23.9 Å². The van der Waals surface area contributed by atoms with Gasteiger partial charge in [-0.1, -0.05) is 335 Å². The first-order valence-corrected chi connectivity index (χ1v) is 39.3. The molecule has 2 unspecified atom stereocenters. The Hall–Kier alpha value is -2.64. The van der Waals surface area contributed by atoms with E-state index in [9.17, 15) is 19.2 Å². The number of carbonyl (C=O) groups is 4. The van der Waals surface area contributed by atoms with Gasteiger partial charge in [-0.25, -0.2) is 0 Å². The van der Waals surface area contributed by atoms with Gasteiger partial charge in [0, 0.05) is 37.5 Å². The molecule has 0 saturated carbocycles. The van der Waals surface area contributed by atoms with Crippen molar-refractivity contribution in [2.24, 2.45) is 11.8 Å². The molecule has 0 aromatic carbocycles. The van der Waals surface area contributed by atoms with Crippen LogP contribution >= 0.6 is 0 Å². The molecular weight excluding hydrogens is 1090 g/mol. The van der Waals surface area contributed by atoms with Crippen LogP contribution in [0.5, 0.6) is 0 Å². The number of hydrogen-bond donors (Lipinski definition) is 0. The molecule has 2 atom stereocenters. The molecule has 8 heteroatoms. The predicted molar refractivity (Wildman–Crippen MR) is 378 cm³/mol. The van der Waals surface area contributed by atoms with Crippen LogP contribution in [-0.4, -0.2) is 50.3 Å². The number of ether oxygens (including phenoxy) is 4. The Bertz CT molecular complexity index is 1400. The summed E-state index contributed by atoms with van der Waals surface area (Å²) < 4.78 is 22.7. The SMILES string of the molecule is CCCCCCCCCCCCCCCCCC(=O)OCC(C=CCCCCCCC(=O)OCCCCCCOC(=O)CCCCCC/C=C/C(CCCCCCCC)COC(=O)CCCCCCCCCCCCCCCCC)CCCCCCCC. The van der Waals surface area contributed by atoms with E-state index < -0.39 is 0 Å². The lowest BCUT2D eigenvalue weighted by Crippen LogP contribution is -2.13. The van der Waals surface area contributed by atoms with Gasteiger partial charge in [0.15, 0.2) is 0 Å². The summed E-state index contributed by atoms with van der Waals surface area (Å²) in [6, 6.07) is 0. The molecule has 0 bridgehead atoms. The zero-order valence-electron chi connectivity index (χ0n) is 59.4. The van der Waals surface area contributed by atoms with Gasteiger partial charge < -0.3 is 18.9 Å². The maximum absolute atomic E-state index is 12.7. The molecule has 0 saturated heterocycles. The average Bonchev–Trinajstić information content (AvgIpc) is 3.53. The molecular formula is C80H150O8. The van der Waals surface area contributed by atoms with Gasteiger partial charge in [-0.2, -0.15) is 0 Å². The van der Waals surface area contributed by atoms with Crippen LogP contribution in [0.25, 0.3) is 0 Å². The molecule has 0 aromatic heterocycles. The number of allylic oxidation sites excluding steroid dienone is 2. The molecule has 0 spiro atoms. The number of hydrogen-bond acceptors (Lipinski definition) is 8. The second kappa shape index (κ2) is 73.4. The molecule has 0 aliphatic carbocycles. The number of carbonyl (C=O) groups excluding carboxylic acids is 4. The standard InChI is InChI=1S/C80H150O8/c1-5-9-13-17-21-23-25-27-29-31-33-35-37-47-59-69-79(83)87-73-75(63-53-43-19-15-11-7-3)65-55-45-39-41-49-57-67-77(81)85-71-61-51-52-62-72-86-78(82)68-58-50-42-40-46-56-66-76(64-54-44-20-16-12-8-4)74-88-80(84)70-60-48-38-36-34-32-30-28-26-24-22-18-14-10-6-2/h55-56,65-66,75-76H,5-54,57-64,67-74H2,1-4H3/b65-55+,66-56?. The monoisotopic (exact) mass is 1240 g/mol. The Labute approximate surface area is 547 Å². The van der Waals surface area contributed by atoms with E-state index in [2.05, 4.69) is 52.0 Å². The summed E-state index contributed by atoms with van der Waals surface area (Å²) in [6.07, 6.45) is 82.3. The highest BCUT2D eigenvalue weighted by Gasteiger charge is 2.13. The second-order valence-corrected chi connectivity index (χ2v) is 27.0.